The number of hydrogen-bond donors (Lipinski definition) is 3. The number of aromatic nitrogens is 4. The maximum atomic E-state index is 11.9. The summed E-state index contributed by atoms with van der Waals surface area (Å²) >= 11 is 12.7. The van der Waals surface area contributed by atoms with Gasteiger partial charge in [-0.05, 0) is 63.2 Å². The van der Waals surface area contributed by atoms with E-state index in [0.717, 1.165) is 37.3 Å². The number of nitriles is 1. The van der Waals surface area contributed by atoms with E-state index in [1.54, 1.807) is 28.9 Å². The molecule has 1 atom stereocenters. The van der Waals surface area contributed by atoms with Crippen molar-refractivity contribution >= 4 is 40.8 Å². The number of dihydropyridines is 1. The molecule has 41 heavy (non-hydrogen) atoms. The van der Waals surface area contributed by atoms with E-state index in [4.69, 9.17) is 48.3 Å². The Kier molecular flexibility index (Phi) is 9.36. The molecule has 1 unspecified atom stereocenters. The minimum absolute atomic E-state index is 0.0752. The maximum Gasteiger partial charge on any atom is 0.320 e. The second kappa shape index (κ2) is 13.3. The van der Waals surface area contributed by atoms with E-state index < -0.39 is 0 Å². The molecule has 0 bridgehead atoms. The van der Waals surface area contributed by atoms with Crippen LogP contribution in [0.4, 0.5) is 5.95 Å². The van der Waals surface area contributed by atoms with Crippen LogP contribution in [0, 0.1) is 11.3 Å². The second-order valence-corrected chi connectivity index (χ2v) is 10.6. The van der Waals surface area contributed by atoms with E-state index in [-0.39, 0.29) is 18.1 Å². The minimum atomic E-state index is -0.194. The number of likely N-dealkylation sites (tertiary alicyclic amines) is 1. The number of hydrogen-bond acceptors (Lipinski definition) is 10. The fourth-order valence-corrected chi connectivity index (χ4v) is 5.35. The molecule has 1 fully saturated rings. The predicted molar refractivity (Wildman–Crippen MR) is 158 cm³/mol. The smallest absolute Gasteiger partial charge is 0.320 e. The van der Waals surface area contributed by atoms with Crippen LogP contribution in [0.1, 0.15) is 31.5 Å². The lowest BCUT2D eigenvalue weighted by Gasteiger charge is -2.29. The molecular weight excluding hydrogens is 565 g/mol. The SMILES string of the molecule is CCOC(=O)CN1CCC(c2nc3cc(-c4ccc(Cl)cc4Cl)nc(NCCNC4C=CC(C#N)=CN4)n3n2)CC1. The highest BCUT2D eigenvalue weighted by molar-refractivity contribution is 6.36. The molecule has 3 aromatic rings. The van der Waals surface area contributed by atoms with Gasteiger partial charge in [0.1, 0.15) is 6.07 Å². The molecule has 5 rings (SSSR count). The highest BCUT2D eigenvalue weighted by Gasteiger charge is 2.26. The first kappa shape index (κ1) is 28.8. The first-order chi connectivity index (χ1) is 19.9. The van der Waals surface area contributed by atoms with Crippen molar-refractivity contribution in [2.45, 2.75) is 31.8 Å². The van der Waals surface area contributed by atoms with E-state index >= 15 is 0 Å². The molecule has 2 aliphatic heterocycles. The Balaban J connectivity index is 1.32. The highest BCUT2D eigenvalue weighted by Crippen LogP contribution is 2.32. The number of carbonyl (C=O) groups is 1. The number of ether oxygens (including phenoxy) is 1. The van der Waals surface area contributed by atoms with Crippen molar-refractivity contribution in [3.63, 3.8) is 0 Å². The summed E-state index contributed by atoms with van der Waals surface area (Å²) in [4.78, 5) is 23.7. The molecule has 13 heteroatoms. The number of allylic oxidation sites excluding steroid dienone is 2. The van der Waals surface area contributed by atoms with Gasteiger partial charge in [0, 0.05) is 41.9 Å². The van der Waals surface area contributed by atoms with Crippen LogP contribution in [-0.2, 0) is 9.53 Å². The number of benzene rings is 1. The van der Waals surface area contributed by atoms with Gasteiger partial charge in [-0.1, -0.05) is 23.2 Å². The van der Waals surface area contributed by atoms with Crippen LogP contribution in [0.3, 0.4) is 0 Å². The van der Waals surface area contributed by atoms with Gasteiger partial charge in [0.25, 0.3) is 0 Å². The molecule has 2 aliphatic rings. The van der Waals surface area contributed by atoms with Crippen molar-refractivity contribution in [3.8, 4) is 17.3 Å². The van der Waals surface area contributed by atoms with E-state index in [9.17, 15) is 4.79 Å². The Morgan fingerprint density at radius 1 is 1.22 bits per heavy atom. The zero-order valence-corrected chi connectivity index (χ0v) is 24.1. The number of anilines is 1. The first-order valence-electron chi connectivity index (χ1n) is 13.6. The number of halogens is 2. The molecule has 0 spiro atoms. The Morgan fingerprint density at radius 3 is 2.76 bits per heavy atom. The molecular formula is C28H31Cl2N9O2. The van der Waals surface area contributed by atoms with Crippen molar-refractivity contribution in [1.82, 2.24) is 35.1 Å². The Bertz CT molecular complexity index is 1510. The van der Waals surface area contributed by atoms with Gasteiger partial charge in [-0.2, -0.15) is 9.78 Å². The van der Waals surface area contributed by atoms with Gasteiger partial charge >= 0.3 is 5.97 Å². The molecule has 0 aliphatic carbocycles. The van der Waals surface area contributed by atoms with Crippen LogP contribution in [0.5, 0.6) is 0 Å². The van der Waals surface area contributed by atoms with Crippen molar-refractivity contribution < 1.29 is 9.53 Å². The maximum absolute atomic E-state index is 11.9. The summed E-state index contributed by atoms with van der Waals surface area (Å²) in [5.41, 5.74) is 2.64. The van der Waals surface area contributed by atoms with Gasteiger partial charge in [-0.3, -0.25) is 15.0 Å². The van der Waals surface area contributed by atoms with Gasteiger partial charge in [-0.25, -0.2) is 9.97 Å². The molecule has 214 valence electrons. The normalized spacial score (nSPS) is 17.6. The van der Waals surface area contributed by atoms with Crippen LogP contribution >= 0.6 is 23.2 Å². The quantitative estimate of drug-likeness (QED) is 0.235. The zero-order valence-electron chi connectivity index (χ0n) is 22.6. The Morgan fingerprint density at radius 2 is 2.05 bits per heavy atom. The average Bonchev–Trinajstić information content (AvgIpc) is 3.40. The van der Waals surface area contributed by atoms with Gasteiger partial charge in [0.05, 0.1) is 35.6 Å². The summed E-state index contributed by atoms with van der Waals surface area (Å²) in [6, 6.07) is 9.30. The number of esters is 1. The van der Waals surface area contributed by atoms with Crippen LogP contribution in [0.25, 0.3) is 16.9 Å². The van der Waals surface area contributed by atoms with Crippen molar-refractivity contribution in [1.29, 1.82) is 5.26 Å². The second-order valence-electron chi connectivity index (χ2n) is 9.78. The molecule has 11 nitrogen and oxygen atoms in total. The summed E-state index contributed by atoms with van der Waals surface area (Å²) in [6.45, 7) is 5.23. The Hall–Kier alpha value is -3.69. The predicted octanol–water partition coefficient (Wildman–Crippen LogP) is 3.74. The third kappa shape index (κ3) is 7.15. The Labute approximate surface area is 248 Å². The van der Waals surface area contributed by atoms with Crippen molar-refractivity contribution in [2.24, 2.45) is 0 Å². The van der Waals surface area contributed by atoms with Gasteiger partial charge in [0.2, 0.25) is 5.95 Å². The summed E-state index contributed by atoms with van der Waals surface area (Å²) in [7, 11) is 0. The lowest BCUT2D eigenvalue weighted by atomic mass is 9.96. The lowest BCUT2D eigenvalue weighted by molar-refractivity contribution is -0.144. The van der Waals surface area contributed by atoms with E-state index in [1.165, 1.54) is 0 Å². The van der Waals surface area contributed by atoms with Crippen LogP contribution in [0.2, 0.25) is 10.0 Å². The molecule has 2 aromatic heterocycles. The van der Waals surface area contributed by atoms with E-state index in [2.05, 4.69) is 26.9 Å². The van der Waals surface area contributed by atoms with Crippen LogP contribution in [0.15, 0.2) is 48.2 Å². The number of piperidine rings is 1. The zero-order chi connectivity index (χ0) is 28.8. The average molecular weight is 597 g/mol. The van der Waals surface area contributed by atoms with Gasteiger partial charge in [0.15, 0.2) is 11.5 Å². The number of fused-ring (bicyclic) bond motifs is 1. The summed E-state index contributed by atoms with van der Waals surface area (Å²) < 4.78 is 6.82. The fraction of sp³-hybridized carbons (Fsp3) is 0.393. The number of carbonyl (C=O) groups excluding carboxylic acids is 1. The molecule has 1 aromatic carbocycles. The number of nitrogens with one attached hydrogen (secondary N) is 3. The molecule has 0 radical (unpaired) electrons. The fourth-order valence-electron chi connectivity index (χ4n) is 4.85. The molecule has 3 N–H and O–H groups in total. The minimum Gasteiger partial charge on any atom is -0.465 e. The van der Waals surface area contributed by atoms with Gasteiger partial charge < -0.3 is 15.4 Å². The van der Waals surface area contributed by atoms with E-state index in [0.29, 0.717) is 59.1 Å². The number of nitrogens with zero attached hydrogens (tertiary/aromatic N) is 6. The standard InChI is InChI=1S/C28H31Cl2N9O2/c1-2-41-26(40)17-38-11-7-19(8-12-38)27-36-25-14-23(21-5-4-20(29)13-22(21)30)35-28(39(25)37-27)33-10-9-32-24-6-3-18(15-31)16-34-24/h3-6,13-14,16,19,24,32,34H,2,7-12,17H2,1H3,(H,33,35). The topological polar surface area (TPSA) is 132 Å². The van der Waals surface area contributed by atoms with Crippen LogP contribution < -0.4 is 16.0 Å². The first-order valence-corrected chi connectivity index (χ1v) is 14.3. The van der Waals surface area contributed by atoms with Crippen molar-refractivity contribution in [2.75, 3.05) is 44.6 Å². The van der Waals surface area contributed by atoms with E-state index in [1.807, 2.05) is 25.1 Å². The third-order valence-electron chi connectivity index (χ3n) is 6.95. The lowest BCUT2D eigenvalue weighted by Crippen LogP contribution is -2.41. The summed E-state index contributed by atoms with van der Waals surface area (Å²) in [6.07, 6.45) is 6.98. The van der Waals surface area contributed by atoms with Crippen molar-refractivity contribution in [3.05, 3.63) is 64.1 Å². The highest BCUT2D eigenvalue weighted by atomic mass is 35.5. The third-order valence-corrected chi connectivity index (χ3v) is 7.50. The molecule has 0 amide bonds. The monoisotopic (exact) mass is 595 g/mol. The molecule has 1 saturated heterocycles. The summed E-state index contributed by atoms with van der Waals surface area (Å²) in [5.74, 6) is 1.27. The van der Waals surface area contributed by atoms with Crippen LogP contribution in [-0.4, -0.2) is 75.9 Å². The van der Waals surface area contributed by atoms with Gasteiger partial charge in [-0.15, -0.1) is 5.10 Å². The molecule has 0 saturated carbocycles. The molecule has 4 heterocycles. The number of rotatable bonds is 10. The largest absolute Gasteiger partial charge is 0.465 e. The summed E-state index contributed by atoms with van der Waals surface area (Å²) in [5, 5.41) is 24.8.